The SMILES string of the molecule is Cc1ccc(NC(=O)C2CCN(S(=O)(=O)c3cccc(OC(F)(F)F)c3)CC2)c(Cl)c1. The molecule has 6 nitrogen and oxygen atoms in total. The first-order chi connectivity index (χ1) is 14.5. The zero-order valence-corrected chi connectivity index (χ0v) is 18.0. The van der Waals surface area contributed by atoms with Gasteiger partial charge in [0.15, 0.2) is 0 Å². The molecule has 2 aromatic carbocycles. The number of anilines is 1. The molecule has 0 spiro atoms. The van der Waals surface area contributed by atoms with Gasteiger partial charge in [0.1, 0.15) is 5.75 Å². The fourth-order valence-corrected chi connectivity index (χ4v) is 5.08. The topological polar surface area (TPSA) is 75.7 Å². The Hall–Kier alpha value is -2.30. The van der Waals surface area contributed by atoms with Gasteiger partial charge in [0.2, 0.25) is 15.9 Å². The molecular formula is C20H20ClF3N2O4S. The third-order valence-corrected chi connectivity index (χ3v) is 7.09. The van der Waals surface area contributed by atoms with Gasteiger partial charge in [0, 0.05) is 25.1 Å². The first-order valence-corrected chi connectivity index (χ1v) is 11.2. The van der Waals surface area contributed by atoms with Crippen LogP contribution in [-0.2, 0) is 14.8 Å². The summed E-state index contributed by atoms with van der Waals surface area (Å²) in [6.45, 7) is 2.00. The first-order valence-electron chi connectivity index (χ1n) is 9.39. The van der Waals surface area contributed by atoms with Crippen LogP contribution < -0.4 is 10.1 Å². The molecular weight excluding hydrogens is 457 g/mol. The number of hydrogen-bond acceptors (Lipinski definition) is 4. The average molecular weight is 477 g/mol. The zero-order valence-electron chi connectivity index (χ0n) is 16.4. The number of benzene rings is 2. The van der Waals surface area contributed by atoms with Gasteiger partial charge in [-0.3, -0.25) is 4.79 Å². The maximum absolute atomic E-state index is 12.8. The molecule has 0 unspecified atom stereocenters. The molecule has 0 atom stereocenters. The lowest BCUT2D eigenvalue weighted by Gasteiger charge is -2.30. The number of halogens is 4. The second-order valence-corrected chi connectivity index (χ2v) is 9.52. The molecule has 31 heavy (non-hydrogen) atoms. The maximum Gasteiger partial charge on any atom is 0.573 e. The Balaban J connectivity index is 1.64. The summed E-state index contributed by atoms with van der Waals surface area (Å²) in [5.41, 5.74) is 1.43. The van der Waals surface area contributed by atoms with Crippen molar-refractivity contribution in [3.05, 3.63) is 53.1 Å². The van der Waals surface area contributed by atoms with Gasteiger partial charge in [0.25, 0.3) is 0 Å². The molecule has 1 fully saturated rings. The van der Waals surface area contributed by atoms with Crippen LogP contribution in [0.3, 0.4) is 0 Å². The summed E-state index contributed by atoms with van der Waals surface area (Å²) in [4.78, 5) is 12.2. The number of rotatable bonds is 5. The molecule has 2 aromatic rings. The molecule has 0 aromatic heterocycles. The molecule has 3 rings (SSSR count). The molecule has 1 N–H and O–H groups in total. The van der Waals surface area contributed by atoms with E-state index >= 15 is 0 Å². The van der Waals surface area contributed by atoms with Gasteiger partial charge in [0.05, 0.1) is 15.6 Å². The maximum atomic E-state index is 12.8. The molecule has 0 saturated carbocycles. The average Bonchev–Trinajstić information content (AvgIpc) is 2.69. The second kappa shape index (κ2) is 9.05. The Labute approximate surface area is 183 Å². The van der Waals surface area contributed by atoms with Crippen LogP contribution in [0.2, 0.25) is 5.02 Å². The number of carbonyl (C=O) groups excluding carboxylic acids is 1. The lowest BCUT2D eigenvalue weighted by atomic mass is 9.97. The minimum Gasteiger partial charge on any atom is -0.406 e. The Morgan fingerprint density at radius 2 is 1.84 bits per heavy atom. The normalized spacial score (nSPS) is 16.2. The molecule has 1 aliphatic heterocycles. The number of aryl methyl sites for hydroxylation is 1. The Bertz CT molecular complexity index is 1070. The number of ether oxygens (including phenoxy) is 1. The summed E-state index contributed by atoms with van der Waals surface area (Å²) < 4.78 is 67.8. The first kappa shape index (κ1) is 23.4. The van der Waals surface area contributed by atoms with Crippen LogP contribution in [0.15, 0.2) is 47.4 Å². The number of hydrogen-bond donors (Lipinski definition) is 1. The van der Waals surface area contributed by atoms with Crippen molar-refractivity contribution in [2.24, 2.45) is 5.92 Å². The largest absolute Gasteiger partial charge is 0.573 e. The van der Waals surface area contributed by atoms with E-state index in [1.807, 2.05) is 13.0 Å². The standard InChI is InChI=1S/C20H20ClF3N2O4S/c1-13-5-6-18(17(21)11-13)25-19(27)14-7-9-26(10-8-14)31(28,29)16-4-2-3-15(12-16)30-20(22,23)24/h2-6,11-12,14H,7-10H2,1H3,(H,25,27). The fraction of sp³-hybridized carbons (Fsp3) is 0.350. The van der Waals surface area contributed by atoms with Crippen molar-refractivity contribution in [3.8, 4) is 5.75 Å². The number of amides is 1. The molecule has 1 heterocycles. The summed E-state index contributed by atoms with van der Waals surface area (Å²) in [7, 11) is -4.03. The molecule has 11 heteroatoms. The zero-order chi connectivity index (χ0) is 22.8. The molecule has 1 saturated heterocycles. The summed E-state index contributed by atoms with van der Waals surface area (Å²) in [6.07, 6.45) is -4.38. The van der Waals surface area contributed by atoms with Crippen LogP contribution in [-0.4, -0.2) is 38.1 Å². The van der Waals surface area contributed by atoms with Gasteiger partial charge in [-0.05, 0) is 49.6 Å². The highest BCUT2D eigenvalue weighted by Gasteiger charge is 2.34. The van der Waals surface area contributed by atoms with Crippen LogP contribution in [0.5, 0.6) is 5.75 Å². The van der Waals surface area contributed by atoms with E-state index < -0.39 is 28.1 Å². The minimum absolute atomic E-state index is 0.0619. The van der Waals surface area contributed by atoms with E-state index in [0.29, 0.717) is 10.7 Å². The highest BCUT2D eigenvalue weighted by Crippen LogP contribution is 2.30. The van der Waals surface area contributed by atoms with Crippen LogP contribution in [0.1, 0.15) is 18.4 Å². The van der Waals surface area contributed by atoms with Crippen molar-refractivity contribution in [2.75, 3.05) is 18.4 Å². The number of nitrogens with one attached hydrogen (secondary N) is 1. The second-order valence-electron chi connectivity index (χ2n) is 7.17. The van der Waals surface area contributed by atoms with E-state index in [2.05, 4.69) is 10.1 Å². The van der Waals surface area contributed by atoms with Crippen LogP contribution in [0.4, 0.5) is 18.9 Å². The number of alkyl halides is 3. The molecule has 0 aliphatic carbocycles. The quantitative estimate of drug-likeness (QED) is 0.685. The van der Waals surface area contributed by atoms with Gasteiger partial charge >= 0.3 is 6.36 Å². The van der Waals surface area contributed by atoms with E-state index in [0.717, 1.165) is 22.0 Å². The monoisotopic (exact) mass is 476 g/mol. The third kappa shape index (κ3) is 5.90. The van der Waals surface area contributed by atoms with E-state index in [4.69, 9.17) is 11.6 Å². The van der Waals surface area contributed by atoms with E-state index in [1.165, 1.54) is 12.1 Å². The highest BCUT2D eigenvalue weighted by atomic mass is 35.5. The van der Waals surface area contributed by atoms with Crippen LogP contribution in [0, 0.1) is 12.8 Å². The molecule has 0 bridgehead atoms. The molecule has 1 aliphatic rings. The predicted molar refractivity (Wildman–Crippen MR) is 109 cm³/mol. The fourth-order valence-electron chi connectivity index (χ4n) is 3.30. The lowest BCUT2D eigenvalue weighted by molar-refractivity contribution is -0.274. The van der Waals surface area contributed by atoms with Gasteiger partial charge in [-0.1, -0.05) is 23.7 Å². The molecule has 0 radical (unpaired) electrons. The summed E-state index contributed by atoms with van der Waals surface area (Å²) in [6, 6.07) is 9.48. The van der Waals surface area contributed by atoms with Crippen molar-refractivity contribution < 1.29 is 31.1 Å². The van der Waals surface area contributed by atoms with E-state index in [1.54, 1.807) is 12.1 Å². The smallest absolute Gasteiger partial charge is 0.406 e. The van der Waals surface area contributed by atoms with Crippen molar-refractivity contribution >= 4 is 33.2 Å². The van der Waals surface area contributed by atoms with Crippen molar-refractivity contribution in [1.29, 1.82) is 0 Å². The molecule has 168 valence electrons. The number of piperidine rings is 1. The van der Waals surface area contributed by atoms with Crippen LogP contribution >= 0.6 is 11.6 Å². The van der Waals surface area contributed by atoms with Gasteiger partial charge in [-0.25, -0.2) is 8.42 Å². The Morgan fingerprint density at radius 1 is 1.16 bits per heavy atom. The summed E-state index contributed by atoms with van der Waals surface area (Å²) in [5.74, 6) is -1.29. The van der Waals surface area contributed by atoms with Crippen LogP contribution in [0.25, 0.3) is 0 Å². The Morgan fingerprint density at radius 3 is 2.45 bits per heavy atom. The van der Waals surface area contributed by atoms with Gasteiger partial charge in [-0.15, -0.1) is 13.2 Å². The highest BCUT2D eigenvalue weighted by molar-refractivity contribution is 7.89. The molecule has 1 amide bonds. The Kier molecular flexibility index (Phi) is 6.82. The minimum atomic E-state index is -4.92. The van der Waals surface area contributed by atoms with E-state index in [9.17, 15) is 26.4 Å². The lowest BCUT2D eigenvalue weighted by Crippen LogP contribution is -2.41. The van der Waals surface area contributed by atoms with Gasteiger partial charge < -0.3 is 10.1 Å². The number of sulfonamides is 1. The number of carbonyl (C=O) groups is 1. The third-order valence-electron chi connectivity index (χ3n) is 4.88. The van der Waals surface area contributed by atoms with Gasteiger partial charge in [-0.2, -0.15) is 4.31 Å². The van der Waals surface area contributed by atoms with Crippen molar-refractivity contribution in [1.82, 2.24) is 4.31 Å². The van der Waals surface area contributed by atoms with Crippen molar-refractivity contribution in [3.63, 3.8) is 0 Å². The van der Waals surface area contributed by atoms with E-state index in [-0.39, 0.29) is 36.7 Å². The number of nitrogens with zero attached hydrogens (tertiary/aromatic N) is 1. The summed E-state index contributed by atoms with van der Waals surface area (Å²) in [5, 5.41) is 3.17. The van der Waals surface area contributed by atoms with Crippen molar-refractivity contribution in [2.45, 2.75) is 31.0 Å². The summed E-state index contributed by atoms with van der Waals surface area (Å²) >= 11 is 6.13. The predicted octanol–water partition coefficient (Wildman–Crippen LogP) is 4.59.